The quantitative estimate of drug-likeness (QED) is 0.261. The fourth-order valence-corrected chi connectivity index (χ4v) is 4.48. The lowest BCUT2D eigenvalue weighted by Crippen LogP contribution is -2.31. The van der Waals surface area contributed by atoms with E-state index in [0.29, 0.717) is 42.1 Å². The summed E-state index contributed by atoms with van der Waals surface area (Å²) in [5, 5.41) is 21.2. The Morgan fingerprint density at radius 1 is 1.06 bits per heavy atom. The van der Waals surface area contributed by atoms with Crippen LogP contribution in [0, 0.1) is 6.92 Å². The minimum Gasteiger partial charge on any atom is -0.508 e. The number of nitrogens with zero attached hydrogens (tertiary/aromatic N) is 5. The molecule has 1 amide bonds. The lowest BCUT2D eigenvalue weighted by molar-refractivity contribution is -0.139. The van der Waals surface area contributed by atoms with E-state index in [2.05, 4.69) is 9.97 Å². The predicted molar refractivity (Wildman–Crippen MR) is 124 cm³/mol. The standard InChI is InChI=1S/C25H23N5O4/c1-16-21(29-12-3-2-5-19(29)27-16)23(32)20-22(17-6-8-18(31)9-7-17)30(25(34)24(20)33)13-4-11-28-14-10-26-15-28/h2-3,5-10,12,14-15,22,31-32H,4,11,13H2,1H3/b23-20+. The number of carbonyl (C=O) groups is 2. The summed E-state index contributed by atoms with van der Waals surface area (Å²) in [5.74, 6) is -1.62. The highest BCUT2D eigenvalue weighted by molar-refractivity contribution is 6.46. The lowest BCUT2D eigenvalue weighted by Gasteiger charge is -2.25. The van der Waals surface area contributed by atoms with Crippen LogP contribution in [0.25, 0.3) is 11.4 Å². The molecule has 0 saturated carbocycles. The Morgan fingerprint density at radius 2 is 1.85 bits per heavy atom. The molecule has 0 bridgehead atoms. The number of hydrogen-bond acceptors (Lipinski definition) is 6. The van der Waals surface area contributed by atoms with E-state index in [1.165, 1.54) is 17.0 Å². The number of aromatic hydroxyl groups is 1. The zero-order valence-electron chi connectivity index (χ0n) is 18.5. The third-order valence-corrected chi connectivity index (χ3v) is 6.05. The van der Waals surface area contributed by atoms with Gasteiger partial charge in [0, 0.05) is 31.7 Å². The van der Waals surface area contributed by atoms with Gasteiger partial charge in [0.25, 0.3) is 11.7 Å². The van der Waals surface area contributed by atoms with Crippen LogP contribution in [0.4, 0.5) is 0 Å². The van der Waals surface area contributed by atoms with E-state index in [1.54, 1.807) is 54.3 Å². The van der Waals surface area contributed by atoms with E-state index in [-0.39, 0.29) is 17.1 Å². The van der Waals surface area contributed by atoms with Gasteiger partial charge < -0.3 is 19.7 Å². The van der Waals surface area contributed by atoms with Crippen molar-refractivity contribution in [2.24, 2.45) is 0 Å². The first-order valence-electron chi connectivity index (χ1n) is 10.9. The largest absolute Gasteiger partial charge is 0.508 e. The molecule has 1 saturated heterocycles. The maximum Gasteiger partial charge on any atom is 0.295 e. The average molecular weight is 457 g/mol. The molecule has 4 heterocycles. The molecule has 2 N–H and O–H groups in total. The van der Waals surface area contributed by atoms with Gasteiger partial charge in [-0.3, -0.25) is 14.0 Å². The van der Waals surface area contributed by atoms with Crippen molar-refractivity contribution >= 4 is 23.1 Å². The van der Waals surface area contributed by atoms with E-state index in [9.17, 15) is 19.8 Å². The van der Waals surface area contributed by atoms with Crippen LogP contribution >= 0.6 is 0 Å². The molecular weight excluding hydrogens is 434 g/mol. The third-order valence-electron chi connectivity index (χ3n) is 6.05. The minimum atomic E-state index is -0.794. The summed E-state index contributed by atoms with van der Waals surface area (Å²) in [6.45, 7) is 2.67. The van der Waals surface area contributed by atoms with Crippen LogP contribution < -0.4 is 0 Å². The number of likely N-dealkylation sites (tertiary alicyclic amines) is 1. The zero-order valence-corrected chi connectivity index (χ0v) is 18.5. The Kier molecular flexibility index (Phi) is 5.37. The van der Waals surface area contributed by atoms with E-state index < -0.39 is 17.7 Å². The van der Waals surface area contributed by atoms with E-state index in [4.69, 9.17) is 0 Å². The number of benzene rings is 1. The molecule has 172 valence electrons. The third kappa shape index (κ3) is 3.61. The number of imidazole rings is 2. The number of amides is 1. The maximum atomic E-state index is 13.2. The molecule has 4 aromatic rings. The highest BCUT2D eigenvalue weighted by atomic mass is 16.3. The van der Waals surface area contributed by atoms with Crippen molar-refractivity contribution in [2.45, 2.75) is 25.9 Å². The molecule has 1 aliphatic rings. The molecule has 1 fully saturated rings. The summed E-state index contributed by atoms with van der Waals surface area (Å²) in [4.78, 5) is 36.3. The average Bonchev–Trinajstić information content (AvgIpc) is 3.52. The number of phenols is 1. The van der Waals surface area contributed by atoms with Gasteiger partial charge in [-0.2, -0.15) is 0 Å². The molecule has 9 nitrogen and oxygen atoms in total. The first-order chi connectivity index (χ1) is 16.5. The highest BCUT2D eigenvalue weighted by Crippen LogP contribution is 2.40. The molecule has 0 spiro atoms. The number of aryl methyl sites for hydroxylation is 2. The summed E-state index contributed by atoms with van der Waals surface area (Å²) in [7, 11) is 0. The Labute approximate surface area is 195 Å². The Bertz CT molecular complexity index is 1400. The van der Waals surface area contributed by atoms with Gasteiger partial charge in [0.05, 0.1) is 23.6 Å². The molecule has 1 unspecified atom stereocenters. The summed E-state index contributed by atoms with van der Waals surface area (Å²) >= 11 is 0. The van der Waals surface area contributed by atoms with Crippen molar-refractivity contribution in [3.8, 4) is 5.75 Å². The molecule has 1 aliphatic heterocycles. The van der Waals surface area contributed by atoms with Gasteiger partial charge in [-0.1, -0.05) is 18.2 Å². The van der Waals surface area contributed by atoms with Crippen LogP contribution in [0.15, 0.2) is 73.0 Å². The topological polar surface area (TPSA) is 113 Å². The second-order valence-corrected chi connectivity index (χ2v) is 8.21. The monoisotopic (exact) mass is 457 g/mol. The van der Waals surface area contributed by atoms with Crippen LogP contribution in [0.1, 0.15) is 29.4 Å². The van der Waals surface area contributed by atoms with Crippen molar-refractivity contribution in [2.75, 3.05) is 6.54 Å². The van der Waals surface area contributed by atoms with E-state index in [0.717, 1.165) is 0 Å². The summed E-state index contributed by atoms with van der Waals surface area (Å²) in [6.07, 6.45) is 7.55. The summed E-state index contributed by atoms with van der Waals surface area (Å²) < 4.78 is 3.60. The van der Waals surface area contributed by atoms with Gasteiger partial charge in [0.2, 0.25) is 0 Å². The van der Waals surface area contributed by atoms with Crippen molar-refractivity contribution in [3.05, 3.63) is 89.9 Å². The van der Waals surface area contributed by atoms with Crippen molar-refractivity contribution in [1.82, 2.24) is 23.8 Å². The number of aliphatic hydroxyl groups excluding tert-OH is 1. The first-order valence-corrected chi connectivity index (χ1v) is 10.9. The molecule has 9 heteroatoms. The Hall–Kier alpha value is -4.40. The van der Waals surface area contributed by atoms with Crippen LogP contribution in [-0.2, 0) is 16.1 Å². The number of fused-ring (bicyclic) bond motifs is 1. The highest BCUT2D eigenvalue weighted by Gasteiger charge is 2.46. The zero-order chi connectivity index (χ0) is 23.8. The number of Topliss-reactive ketones (excluding diaryl/α,β-unsaturated/α-hetero) is 1. The number of carbonyl (C=O) groups excluding carboxylic acids is 2. The maximum absolute atomic E-state index is 13.2. The number of aromatic nitrogens is 4. The van der Waals surface area contributed by atoms with Gasteiger partial charge in [-0.15, -0.1) is 0 Å². The van der Waals surface area contributed by atoms with Gasteiger partial charge in [-0.25, -0.2) is 9.97 Å². The fourth-order valence-electron chi connectivity index (χ4n) is 4.48. The van der Waals surface area contributed by atoms with E-state index in [1.807, 2.05) is 16.8 Å². The summed E-state index contributed by atoms with van der Waals surface area (Å²) in [5.41, 5.74) is 2.16. The summed E-state index contributed by atoms with van der Waals surface area (Å²) in [6, 6.07) is 11.0. The van der Waals surface area contributed by atoms with Crippen LogP contribution in [0.5, 0.6) is 5.75 Å². The van der Waals surface area contributed by atoms with Crippen molar-refractivity contribution in [1.29, 1.82) is 0 Å². The van der Waals surface area contributed by atoms with Crippen molar-refractivity contribution < 1.29 is 19.8 Å². The van der Waals surface area contributed by atoms with Gasteiger partial charge in [0.1, 0.15) is 17.1 Å². The Morgan fingerprint density at radius 3 is 2.59 bits per heavy atom. The molecule has 5 rings (SSSR count). The Balaban J connectivity index is 1.60. The number of rotatable bonds is 6. The first kappa shape index (κ1) is 21.4. The smallest absolute Gasteiger partial charge is 0.295 e. The minimum absolute atomic E-state index is 0.00655. The van der Waals surface area contributed by atoms with Crippen molar-refractivity contribution in [3.63, 3.8) is 0 Å². The molecular formula is C25H23N5O4. The molecule has 0 radical (unpaired) electrons. The number of phenolic OH excluding ortho intramolecular Hbond substituents is 1. The molecule has 1 atom stereocenters. The van der Waals surface area contributed by atoms with Crippen LogP contribution in [-0.4, -0.2) is 52.3 Å². The molecule has 1 aromatic carbocycles. The normalized spacial score (nSPS) is 17.7. The molecule has 34 heavy (non-hydrogen) atoms. The number of ketones is 1. The van der Waals surface area contributed by atoms with Gasteiger partial charge in [0.15, 0.2) is 5.76 Å². The predicted octanol–water partition coefficient (Wildman–Crippen LogP) is 3.06. The molecule has 0 aliphatic carbocycles. The second-order valence-electron chi connectivity index (χ2n) is 8.21. The van der Waals surface area contributed by atoms with Crippen LogP contribution in [0.2, 0.25) is 0 Å². The number of hydrogen-bond donors (Lipinski definition) is 2. The molecule has 3 aromatic heterocycles. The van der Waals surface area contributed by atoms with Gasteiger partial charge in [-0.05, 0) is 43.2 Å². The SMILES string of the molecule is Cc1nc2ccccn2c1/C(O)=C1\C(=O)C(=O)N(CCCn2ccnc2)C1c1ccc(O)cc1. The lowest BCUT2D eigenvalue weighted by atomic mass is 9.96. The van der Waals surface area contributed by atoms with Crippen LogP contribution in [0.3, 0.4) is 0 Å². The number of pyridine rings is 1. The van der Waals surface area contributed by atoms with Gasteiger partial charge >= 0.3 is 0 Å². The fraction of sp³-hybridized carbons (Fsp3) is 0.200. The van der Waals surface area contributed by atoms with E-state index >= 15 is 0 Å². The second kappa shape index (κ2) is 8.51. The number of aliphatic hydroxyl groups is 1.